The zero-order chi connectivity index (χ0) is 35.1. The van der Waals surface area contributed by atoms with E-state index in [1.54, 1.807) is 30.3 Å². The molecular weight excluding hydrogens is 644 g/mol. The number of nitrogens with one attached hydrogen (secondary N) is 4. The molecule has 0 bridgehead atoms. The predicted octanol–water partition coefficient (Wildman–Crippen LogP) is 0.801. The number of alkyl carbamates (subject to hydrolysis) is 1. The Morgan fingerprint density at radius 1 is 0.854 bits per heavy atom. The summed E-state index contributed by atoms with van der Waals surface area (Å²) in [6.07, 6.45) is 1.96. The average molecular weight is 685 g/mol. The van der Waals surface area contributed by atoms with Crippen LogP contribution in [0.15, 0.2) is 66.1 Å². The Bertz CT molecular complexity index is 1440. The summed E-state index contributed by atoms with van der Waals surface area (Å²) in [6.45, 7) is -0.597. The molecule has 14 nitrogen and oxygen atoms in total. The second-order valence-corrected chi connectivity index (χ2v) is 12.2. The van der Waals surface area contributed by atoms with E-state index in [2.05, 4.69) is 26.0 Å². The van der Waals surface area contributed by atoms with E-state index in [0.29, 0.717) is 18.4 Å². The summed E-state index contributed by atoms with van der Waals surface area (Å²) < 4.78 is 26.1. The summed E-state index contributed by atoms with van der Waals surface area (Å²) in [5.41, 5.74) is 2.69. The molecule has 4 amide bonds. The topological polar surface area (TPSA) is 201 Å². The zero-order valence-corrected chi connectivity index (χ0v) is 27.7. The minimum atomic E-state index is -1.45. The third-order valence-corrected chi connectivity index (χ3v) is 7.98. The first kappa shape index (κ1) is 37.6. The van der Waals surface area contributed by atoms with Gasteiger partial charge in [-0.3, -0.25) is 24.0 Å². The van der Waals surface area contributed by atoms with Crippen molar-refractivity contribution in [3.8, 4) is 0 Å². The van der Waals surface area contributed by atoms with Crippen molar-refractivity contribution in [2.75, 3.05) is 27.0 Å². The van der Waals surface area contributed by atoms with Crippen LogP contribution in [0, 0.1) is 5.92 Å². The molecule has 0 fully saturated rings. The van der Waals surface area contributed by atoms with E-state index in [-0.39, 0.29) is 13.0 Å². The van der Waals surface area contributed by atoms with Crippen LogP contribution in [-0.2, 0) is 68.8 Å². The van der Waals surface area contributed by atoms with Gasteiger partial charge in [0.25, 0.3) is 0 Å². The number of hydrogen-bond acceptors (Lipinski definition) is 10. The monoisotopic (exact) mass is 684 g/mol. The SMILES string of the molecule is COC(=O)C[C@@H](/C=C/[S+](C)[O-])NC(=O)CNC(=O)C(NC(=O)[C@H](CC(=O)OC)NC(=O)OCc1ccccc1)C1Cc2ccccc2C1. The summed E-state index contributed by atoms with van der Waals surface area (Å²) in [7, 11) is 2.33. The Balaban J connectivity index is 1.73. The standard InChI is InChI=1S/C33H40N4O10S/c1-45-28(39)17-25(13-14-48(3)44)35-27(38)19-34-32(42)30(24-15-22-11-7-8-12-23(22)16-24)37-31(41)26(18-29(40)46-2)36-33(43)47-20-21-9-5-4-6-10-21/h4-14,24-26,30H,15-20H2,1-3H3,(H,34,42)(H,35,38)(H,36,43)(H,37,41)/b14-13+/t25-,26+,30?,48?/m1/s1. The van der Waals surface area contributed by atoms with Crippen molar-refractivity contribution in [2.24, 2.45) is 5.92 Å². The summed E-state index contributed by atoms with van der Waals surface area (Å²) in [4.78, 5) is 76.5. The van der Waals surface area contributed by atoms with Crippen molar-refractivity contribution >= 4 is 46.9 Å². The fourth-order valence-corrected chi connectivity index (χ4v) is 5.43. The van der Waals surface area contributed by atoms with Crippen LogP contribution in [0.25, 0.3) is 0 Å². The van der Waals surface area contributed by atoms with E-state index in [0.717, 1.165) is 18.2 Å². The van der Waals surface area contributed by atoms with Crippen molar-refractivity contribution in [3.63, 3.8) is 0 Å². The number of fused-ring (bicyclic) bond motifs is 1. The fourth-order valence-electron chi connectivity index (χ4n) is 5.02. The van der Waals surface area contributed by atoms with Gasteiger partial charge in [0.1, 0.15) is 24.1 Å². The highest BCUT2D eigenvalue weighted by Crippen LogP contribution is 2.29. The van der Waals surface area contributed by atoms with Crippen molar-refractivity contribution in [2.45, 2.75) is 50.4 Å². The summed E-state index contributed by atoms with van der Waals surface area (Å²) in [5, 5.41) is 11.5. The summed E-state index contributed by atoms with van der Waals surface area (Å²) in [6, 6.07) is 12.9. The van der Waals surface area contributed by atoms with Gasteiger partial charge in [0.05, 0.1) is 45.9 Å². The highest BCUT2D eigenvalue weighted by Gasteiger charge is 2.37. The molecule has 0 spiro atoms. The fraction of sp³-hybridized carbons (Fsp3) is 0.394. The number of ether oxygens (including phenoxy) is 3. The van der Waals surface area contributed by atoms with Crippen LogP contribution in [0.2, 0.25) is 0 Å². The highest BCUT2D eigenvalue weighted by atomic mass is 32.2. The lowest BCUT2D eigenvalue weighted by atomic mass is 9.95. The van der Waals surface area contributed by atoms with E-state index in [1.165, 1.54) is 24.8 Å². The molecule has 2 aromatic carbocycles. The lowest BCUT2D eigenvalue weighted by Crippen LogP contribution is -2.57. The molecule has 3 rings (SSSR count). The average Bonchev–Trinajstić information content (AvgIpc) is 3.51. The lowest BCUT2D eigenvalue weighted by molar-refractivity contribution is -0.143. The molecule has 4 N–H and O–H groups in total. The first-order valence-corrected chi connectivity index (χ1v) is 16.7. The molecule has 258 valence electrons. The first-order chi connectivity index (χ1) is 23.0. The molecule has 0 heterocycles. The van der Waals surface area contributed by atoms with Gasteiger partial charge in [-0.1, -0.05) is 54.6 Å². The number of rotatable bonds is 16. The second kappa shape index (κ2) is 19.1. The van der Waals surface area contributed by atoms with E-state index in [1.807, 2.05) is 24.3 Å². The highest BCUT2D eigenvalue weighted by molar-refractivity contribution is 7.93. The van der Waals surface area contributed by atoms with Gasteiger partial charge in [0.15, 0.2) is 0 Å². The predicted molar refractivity (Wildman–Crippen MR) is 174 cm³/mol. The summed E-state index contributed by atoms with van der Waals surface area (Å²) >= 11 is -1.34. The molecule has 48 heavy (non-hydrogen) atoms. The third kappa shape index (κ3) is 12.4. The molecule has 4 atom stereocenters. The van der Waals surface area contributed by atoms with E-state index in [9.17, 15) is 33.3 Å². The van der Waals surface area contributed by atoms with Gasteiger partial charge < -0.3 is 40.0 Å². The van der Waals surface area contributed by atoms with Crippen molar-refractivity contribution in [1.82, 2.24) is 21.3 Å². The maximum atomic E-state index is 13.6. The second-order valence-electron chi connectivity index (χ2n) is 11.0. The molecule has 0 aliphatic heterocycles. The minimum absolute atomic E-state index is 0.0841. The Labute approximate surface area is 281 Å². The van der Waals surface area contributed by atoms with Crippen molar-refractivity contribution in [3.05, 3.63) is 82.8 Å². The van der Waals surface area contributed by atoms with Crippen LogP contribution in [0.4, 0.5) is 4.79 Å². The normalized spacial score (nSPS) is 14.8. The van der Waals surface area contributed by atoms with Gasteiger partial charge in [0.2, 0.25) is 17.7 Å². The van der Waals surface area contributed by atoms with Crippen molar-refractivity contribution in [1.29, 1.82) is 0 Å². The van der Waals surface area contributed by atoms with Gasteiger partial charge in [-0.2, -0.15) is 0 Å². The Kier molecular flexibility index (Phi) is 14.9. The van der Waals surface area contributed by atoms with Crippen LogP contribution < -0.4 is 21.3 Å². The molecule has 2 unspecified atom stereocenters. The molecular formula is C33H40N4O10S. The number of benzene rings is 2. The van der Waals surface area contributed by atoms with Gasteiger partial charge in [0, 0.05) is 0 Å². The number of methoxy groups -OCH3 is 2. The first-order valence-electron chi connectivity index (χ1n) is 15.0. The smallest absolute Gasteiger partial charge is 0.408 e. The summed E-state index contributed by atoms with van der Waals surface area (Å²) in [5.74, 6) is -4.00. The largest absolute Gasteiger partial charge is 0.612 e. The molecule has 0 saturated carbocycles. The van der Waals surface area contributed by atoms with E-state index < -0.39 is 83.9 Å². The van der Waals surface area contributed by atoms with Gasteiger partial charge in [-0.05, 0) is 52.7 Å². The van der Waals surface area contributed by atoms with Crippen LogP contribution >= 0.6 is 0 Å². The Morgan fingerprint density at radius 3 is 2.06 bits per heavy atom. The Morgan fingerprint density at radius 2 is 1.46 bits per heavy atom. The maximum absolute atomic E-state index is 13.6. The van der Waals surface area contributed by atoms with Gasteiger partial charge in [-0.15, -0.1) is 0 Å². The number of carbonyl (C=O) groups is 6. The quantitative estimate of drug-likeness (QED) is 0.111. The van der Waals surface area contributed by atoms with Crippen LogP contribution in [-0.4, -0.2) is 85.5 Å². The molecule has 0 radical (unpaired) electrons. The van der Waals surface area contributed by atoms with Gasteiger partial charge in [-0.25, -0.2) is 4.79 Å². The number of hydrogen-bond donors (Lipinski definition) is 4. The van der Waals surface area contributed by atoms with E-state index in [4.69, 9.17) is 9.47 Å². The molecule has 0 saturated heterocycles. The van der Waals surface area contributed by atoms with Crippen LogP contribution in [0.1, 0.15) is 29.5 Å². The number of amides is 4. The molecule has 1 aliphatic rings. The van der Waals surface area contributed by atoms with Gasteiger partial charge >= 0.3 is 18.0 Å². The maximum Gasteiger partial charge on any atom is 0.408 e. The van der Waals surface area contributed by atoms with Crippen LogP contribution in [0.5, 0.6) is 0 Å². The Hall–Kier alpha value is -4.89. The van der Waals surface area contributed by atoms with Crippen molar-refractivity contribution < 1.29 is 47.5 Å². The number of esters is 2. The molecule has 0 aromatic heterocycles. The minimum Gasteiger partial charge on any atom is -0.612 e. The molecule has 2 aromatic rings. The van der Waals surface area contributed by atoms with E-state index >= 15 is 0 Å². The molecule has 15 heteroatoms. The third-order valence-electron chi connectivity index (χ3n) is 7.44. The van der Waals surface area contributed by atoms with Crippen LogP contribution in [0.3, 0.4) is 0 Å². The lowest BCUT2D eigenvalue weighted by Gasteiger charge is -2.26. The zero-order valence-electron chi connectivity index (χ0n) is 26.9. The molecule has 1 aliphatic carbocycles. The number of carbonyl (C=O) groups excluding carboxylic acids is 6.